The highest BCUT2D eigenvalue weighted by Gasteiger charge is 2.36. The molecular weight excluding hydrogens is 274 g/mol. The van der Waals surface area contributed by atoms with Gasteiger partial charge in [0.2, 0.25) is 0 Å². The van der Waals surface area contributed by atoms with Gasteiger partial charge in [-0.2, -0.15) is 0 Å². The fourth-order valence-corrected chi connectivity index (χ4v) is 2.93. The molecule has 0 spiro atoms. The Kier molecular flexibility index (Phi) is 3.73. The Morgan fingerprint density at radius 2 is 2.00 bits per heavy atom. The van der Waals surface area contributed by atoms with Crippen LogP contribution in [0.25, 0.3) is 0 Å². The van der Waals surface area contributed by atoms with E-state index in [4.69, 9.17) is 9.47 Å². The molecule has 2 aliphatic heterocycles. The molecule has 0 unspecified atom stereocenters. The van der Waals surface area contributed by atoms with Crippen LogP contribution >= 0.6 is 0 Å². The van der Waals surface area contributed by atoms with Gasteiger partial charge < -0.3 is 19.7 Å². The van der Waals surface area contributed by atoms with Gasteiger partial charge in [-0.25, -0.2) is 0 Å². The fourth-order valence-electron chi connectivity index (χ4n) is 2.93. The van der Waals surface area contributed by atoms with E-state index in [9.17, 15) is 15.0 Å². The minimum Gasteiger partial charge on any atom is -0.486 e. The summed E-state index contributed by atoms with van der Waals surface area (Å²) in [6.07, 6.45) is -0.303. The Hall–Kier alpha value is -1.79. The highest BCUT2D eigenvalue weighted by Crippen LogP contribution is 2.34. The van der Waals surface area contributed by atoms with Gasteiger partial charge in [0.05, 0.1) is 6.10 Å². The zero-order valence-corrected chi connectivity index (χ0v) is 11.9. The van der Waals surface area contributed by atoms with Crippen molar-refractivity contribution in [2.24, 2.45) is 0 Å². The normalized spacial score (nSPS) is 25.0. The molecule has 2 N–H and O–H groups in total. The number of benzene rings is 1. The maximum atomic E-state index is 11.3. The lowest BCUT2D eigenvalue weighted by Crippen LogP contribution is -2.35. The van der Waals surface area contributed by atoms with Gasteiger partial charge in [-0.1, -0.05) is 0 Å². The molecule has 114 valence electrons. The van der Waals surface area contributed by atoms with Crippen LogP contribution in [0.4, 0.5) is 0 Å². The summed E-state index contributed by atoms with van der Waals surface area (Å²) in [5.74, 6) is 0.550. The predicted molar refractivity (Wildman–Crippen MR) is 74.6 cm³/mol. The molecule has 6 heteroatoms. The van der Waals surface area contributed by atoms with E-state index in [-0.39, 0.29) is 6.42 Å². The molecule has 0 bridgehead atoms. The molecule has 21 heavy (non-hydrogen) atoms. The van der Waals surface area contributed by atoms with Crippen LogP contribution in [0.2, 0.25) is 0 Å². The average molecular weight is 293 g/mol. The number of likely N-dealkylation sites (tertiary alicyclic amines) is 1. The molecule has 6 nitrogen and oxygen atoms in total. The SMILES string of the molecule is Cc1cc2c(cc1CN1C[C@H](O)C[C@H]1C(=O)O)OCCO2. The molecule has 1 aromatic carbocycles. The monoisotopic (exact) mass is 293 g/mol. The Morgan fingerprint density at radius 3 is 2.67 bits per heavy atom. The molecule has 2 atom stereocenters. The van der Waals surface area contributed by atoms with Crippen LogP contribution < -0.4 is 9.47 Å². The Bertz CT molecular complexity index is 559. The lowest BCUT2D eigenvalue weighted by atomic mass is 10.1. The summed E-state index contributed by atoms with van der Waals surface area (Å²) >= 11 is 0. The third-order valence-electron chi connectivity index (χ3n) is 4.04. The number of hydrogen-bond donors (Lipinski definition) is 2. The second-order valence-corrected chi connectivity index (χ2v) is 5.60. The first-order valence-electron chi connectivity index (χ1n) is 7.08. The Morgan fingerprint density at radius 1 is 1.33 bits per heavy atom. The van der Waals surface area contributed by atoms with E-state index in [2.05, 4.69) is 0 Å². The quantitative estimate of drug-likeness (QED) is 0.857. The first-order chi connectivity index (χ1) is 10.0. The van der Waals surface area contributed by atoms with E-state index in [1.54, 1.807) is 4.90 Å². The molecule has 0 amide bonds. The van der Waals surface area contributed by atoms with E-state index in [1.807, 2.05) is 19.1 Å². The van der Waals surface area contributed by atoms with Gasteiger partial charge in [0.25, 0.3) is 0 Å². The zero-order valence-electron chi connectivity index (χ0n) is 11.9. The van der Waals surface area contributed by atoms with Gasteiger partial charge in [-0.3, -0.25) is 9.69 Å². The maximum absolute atomic E-state index is 11.3. The van der Waals surface area contributed by atoms with Crippen molar-refractivity contribution in [1.82, 2.24) is 4.90 Å². The summed E-state index contributed by atoms with van der Waals surface area (Å²) in [5, 5.41) is 19.0. The average Bonchev–Trinajstić information content (AvgIpc) is 2.81. The molecule has 0 saturated carbocycles. The van der Waals surface area contributed by atoms with Crippen molar-refractivity contribution in [3.8, 4) is 11.5 Å². The van der Waals surface area contributed by atoms with Crippen molar-refractivity contribution in [1.29, 1.82) is 0 Å². The second-order valence-electron chi connectivity index (χ2n) is 5.60. The number of fused-ring (bicyclic) bond motifs is 1. The number of nitrogens with zero attached hydrogens (tertiary/aromatic N) is 1. The maximum Gasteiger partial charge on any atom is 0.321 e. The van der Waals surface area contributed by atoms with Crippen molar-refractivity contribution in [2.75, 3.05) is 19.8 Å². The topological polar surface area (TPSA) is 79.2 Å². The van der Waals surface area contributed by atoms with Crippen LogP contribution in [0.1, 0.15) is 17.5 Å². The van der Waals surface area contributed by atoms with Crippen molar-refractivity contribution >= 4 is 5.97 Å². The van der Waals surface area contributed by atoms with E-state index < -0.39 is 18.1 Å². The minimum absolute atomic E-state index is 0.277. The van der Waals surface area contributed by atoms with Gasteiger partial charge >= 0.3 is 5.97 Å². The number of β-amino-alcohol motifs (C(OH)–C–C–N with tert-alkyl or cyclic N) is 1. The Balaban J connectivity index is 1.82. The first kappa shape index (κ1) is 14.2. The third kappa shape index (κ3) is 2.82. The van der Waals surface area contributed by atoms with Crippen LogP contribution in [0, 0.1) is 6.92 Å². The second kappa shape index (κ2) is 5.54. The summed E-state index contributed by atoms with van der Waals surface area (Å²) in [6.45, 7) is 3.90. The number of aliphatic hydroxyl groups is 1. The Labute approximate surface area is 122 Å². The summed E-state index contributed by atoms with van der Waals surface area (Å²) in [6, 6.07) is 3.20. The van der Waals surface area contributed by atoms with E-state index in [0.29, 0.717) is 32.1 Å². The van der Waals surface area contributed by atoms with Gasteiger partial charge in [0.15, 0.2) is 11.5 Å². The molecule has 2 heterocycles. The number of ether oxygens (including phenoxy) is 2. The lowest BCUT2D eigenvalue weighted by Gasteiger charge is -2.24. The molecule has 1 saturated heterocycles. The number of aliphatic hydroxyl groups excluding tert-OH is 1. The molecular formula is C15H19NO5. The van der Waals surface area contributed by atoms with Crippen molar-refractivity contribution < 1.29 is 24.5 Å². The summed E-state index contributed by atoms with van der Waals surface area (Å²) < 4.78 is 11.1. The number of carboxylic acid groups (broad SMARTS) is 1. The minimum atomic E-state index is -0.887. The number of rotatable bonds is 3. The van der Waals surface area contributed by atoms with E-state index in [0.717, 1.165) is 16.9 Å². The molecule has 1 aromatic rings. The molecule has 1 fully saturated rings. The van der Waals surface area contributed by atoms with Gasteiger partial charge in [-0.15, -0.1) is 0 Å². The molecule has 0 aliphatic carbocycles. The van der Waals surface area contributed by atoms with E-state index in [1.165, 1.54) is 0 Å². The van der Waals surface area contributed by atoms with Crippen molar-refractivity contribution in [2.45, 2.75) is 32.0 Å². The zero-order chi connectivity index (χ0) is 15.0. The van der Waals surface area contributed by atoms with Gasteiger partial charge in [0.1, 0.15) is 19.3 Å². The third-order valence-corrected chi connectivity index (χ3v) is 4.04. The largest absolute Gasteiger partial charge is 0.486 e. The van der Waals surface area contributed by atoms with Crippen LogP contribution in [-0.2, 0) is 11.3 Å². The highest BCUT2D eigenvalue weighted by molar-refractivity contribution is 5.74. The summed E-state index contributed by atoms with van der Waals surface area (Å²) in [5.41, 5.74) is 2.03. The van der Waals surface area contributed by atoms with Crippen molar-refractivity contribution in [3.05, 3.63) is 23.3 Å². The van der Waals surface area contributed by atoms with Crippen LogP contribution in [0.3, 0.4) is 0 Å². The fraction of sp³-hybridized carbons (Fsp3) is 0.533. The number of aryl methyl sites for hydroxylation is 1. The molecule has 2 aliphatic rings. The molecule has 0 radical (unpaired) electrons. The first-order valence-corrected chi connectivity index (χ1v) is 7.08. The van der Waals surface area contributed by atoms with E-state index >= 15 is 0 Å². The standard InChI is InChI=1S/C15H19NO5/c1-9-4-13-14(21-3-2-20-13)5-10(9)7-16-8-11(17)6-12(16)15(18)19/h4-5,11-12,17H,2-3,6-8H2,1H3,(H,18,19)/t11-,12+/m1/s1. The molecule has 0 aromatic heterocycles. The number of aliphatic carboxylic acids is 1. The highest BCUT2D eigenvalue weighted by atomic mass is 16.6. The lowest BCUT2D eigenvalue weighted by molar-refractivity contribution is -0.142. The predicted octanol–water partition coefficient (Wildman–Crippen LogP) is 0.786. The van der Waals surface area contributed by atoms with Crippen LogP contribution in [0.15, 0.2) is 12.1 Å². The van der Waals surface area contributed by atoms with Crippen LogP contribution in [-0.4, -0.2) is 53.0 Å². The smallest absolute Gasteiger partial charge is 0.321 e. The number of carboxylic acids is 1. The van der Waals surface area contributed by atoms with Crippen molar-refractivity contribution in [3.63, 3.8) is 0 Å². The summed E-state index contributed by atoms with van der Waals surface area (Å²) in [7, 11) is 0. The molecule has 3 rings (SSSR count). The van der Waals surface area contributed by atoms with Gasteiger partial charge in [0, 0.05) is 19.5 Å². The number of carbonyl (C=O) groups is 1. The van der Waals surface area contributed by atoms with Crippen LogP contribution in [0.5, 0.6) is 11.5 Å². The summed E-state index contributed by atoms with van der Waals surface area (Å²) in [4.78, 5) is 13.1. The number of hydrogen-bond acceptors (Lipinski definition) is 5. The van der Waals surface area contributed by atoms with Gasteiger partial charge in [-0.05, 0) is 30.2 Å².